The van der Waals surface area contributed by atoms with Crippen molar-refractivity contribution >= 4 is 12.4 Å². The van der Waals surface area contributed by atoms with Gasteiger partial charge in [0.05, 0.1) is 13.7 Å². The minimum Gasteiger partial charge on any atom is -0.493 e. The quantitative estimate of drug-likeness (QED) is 0.784. The molecule has 0 bridgehead atoms. The number of ether oxygens (including phenoxy) is 2. The number of nitrogens with one attached hydrogen (secondary N) is 1. The van der Waals surface area contributed by atoms with Crippen molar-refractivity contribution in [1.29, 1.82) is 0 Å². The van der Waals surface area contributed by atoms with Crippen LogP contribution >= 0.6 is 12.4 Å². The molecule has 0 aliphatic carbocycles. The number of methoxy groups -OCH3 is 1. The van der Waals surface area contributed by atoms with Crippen LogP contribution in [0.1, 0.15) is 32.4 Å². The molecule has 138 valence electrons. The van der Waals surface area contributed by atoms with E-state index in [1.165, 1.54) is 0 Å². The Bertz CT molecular complexity index is 505. The maximum Gasteiger partial charge on any atom is 0.161 e. The van der Waals surface area contributed by atoms with Crippen molar-refractivity contribution in [2.24, 2.45) is 5.41 Å². The summed E-state index contributed by atoms with van der Waals surface area (Å²) in [7, 11) is 1.66. The van der Waals surface area contributed by atoms with Gasteiger partial charge in [0.25, 0.3) is 0 Å². The SMILES string of the molecule is CCOc1cc([C@@H](N2CCNCC2)C(C)(C)CO)ccc1OC.Cl. The van der Waals surface area contributed by atoms with Crippen LogP contribution in [0.25, 0.3) is 0 Å². The molecular weight excluding hydrogens is 328 g/mol. The summed E-state index contributed by atoms with van der Waals surface area (Å²) in [6, 6.07) is 6.25. The number of halogens is 1. The second-order valence-electron chi connectivity index (χ2n) is 6.68. The number of nitrogens with zero attached hydrogens (tertiary/aromatic N) is 1. The fourth-order valence-corrected chi connectivity index (χ4v) is 3.31. The average Bonchev–Trinajstić information content (AvgIpc) is 2.56. The maximum absolute atomic E-state index is 9.93. The lowest BCUT2D eigenvalue weighted by molar-refractivity contribution is 0.0304. The Kier molecular flexibility index (Phi) is 8.30. The van der Waals surface area contributed by atoms with Crippen LogP contribution in [0.3, 0.4) is 0 Å². The van der Waals surface area contributed by atoms with Gasteiger partial charge in [0.2, 0.25) is 0 Å². The van der Waals surface area contributed by atoms with Gasteiger partial charge in [-0.2, -0.15) is 0 Å². The van der Waals surface area contributed by atoms with Crippen LogP contribution in [0, 0.1) is 5.41 Å². The van der Waals surface area contributed by atoms with E-state index in [1.54, 1.807) is 7.11 Å². The average molecular weight is 359 g/mol. The summed E-state index contributed by atoms with van der Waals surface area (Å²) >= 11 is 0. The lowest BCUT2D eigenvalue weighted by atomic mass is 9.79. The highest BCUT2D eigenvalue weighted by atomic mass is 35.5. The molecule has 24 heavy (non-hydrogen) atoms. The van der Waals surface area contributed by atoms with Gasteiger partial charge < -0.3 is 19.9 Å². The van der Waals surface area contributed by atoms with Gasteiger partial charge in [-0.05, 0) is 24.6 Å². The minimum atomic E-state index is -0.241. The third kappa shape index (κ3) is 4.76. The number of hydrogen-bond donors (Lipinski definition) is 2. The Morgan fingerprint density at radius 3 is 2.46 bits per heavy atom. The Hall–Kier alpha value is -1.01. The summed E-state index contributed by atoms with van der Waals surface area (Å²) in [6.07, 6.45) is 0. The molecular formula is C18H31ClN2O3. The molecule has 2 N–H and O–H groups in total. The van der Waals surface area contributed by atoms with Gasteiger partial charge >= 0.3 is 0 Å². The third-order valence-corrected chi connectivity index (χ3v) is 4.47. The van der Waals surface area contributed by atoms with Crippen molar-refractivity contribution in [1.82, 2.24) is 10.2 Å². The molecule has 1 aromatic rings. The lowest BCUT2D eigenvalue weighted by Crippen LogP contribution is -2.49. The van der Waals surface area contributed by atoms with Crippen molar-refractivity contribution < 1.29 is 14.6 Å². The Morgan fingerprint density at radius 2 is 1.92 bits per heavy atom. The maximum atomic E-state index is 9.93. The molecule has 1 saturated heterocycles. The smallest absolute Gasteiger partial charge is 0.161 e. The van der Waals surface area contributed by atoms with Crippen LogP contribution in [-0.2, 0) is 0 Å². The zero-order valence-corrected chi connectivity index (χ0v) is 16.0. The monoisotopic (exact) mass is 358 g/mol. The molecule has 6 heteroatoms. The van der Waals surface area contributed by atoms with Gasteiger partial charge in [0.1, 0.15) is 0 Å². The van der Waals surface area contributed by atoms with Crippen molar-refractivity contribution in [3.8, 4) is 11.5 Å². The van der Waals surface area contributed by atoms with E-state index >= 15 is 0 Å². The second kappa shape index (κ2) is 9.47. The topological polar surface area (TPSA) is 54.0 Å². The summed E-state index contributed by atoms with van der Waals surface area (Å²) in [6.45, 7) is 10.8. The van der Waals surface area contributed by atoms with Crippen LogP contribution in [0.15, 0.2) is 18.2 Å². The van der Waals surface area contributed by atoms with Crippen molar-refractivity contribution in [3.63, 3.8) is 0 Å². The first-order chi connectivity index (χ1) is 11.0. The fourth-order valence-electron chi connectivity index (χ4n) is 3.31. The highest BCUT2D eigenvalue weighted by Gasteiger charge is 2.36. The Labute approximate surface area is 151 Å². The highest BCUT2D eigenvalue weighted by Crippen LogP contribution is 2.41. The van der Waals surface area contributed by atoms with Crippen LogP contribution in [0.5, 0.6) is 11.5 Å². The highest BCUT2D eigenvalue weighted by molar-refractivity contribution is 5.85. The summed E-state index contributed by atoms with van der Waals surface area (Å²) < 4.78 is 11.1. The molecule has 5 nitrogen and oxygen atoms in total. The first-order valence-corrected chi connectivity index (χ1v) is 8.40. The van der Waals surface area contributed by atoms with Gasteiger partial charge in [-0.25, -0.2) is 0 Å². The van der Waals surface area contributed by atoms with E-state index < -0.39 is 0 Å². The zero-order valence-electron chi connectivity index (χ0n) is 15.2. The van der Waals surface area contributed by atoms with E-state index in [2.05, 4.69) is 36.2 Å². The Morgan fingerprint density at radius 1 is 1.25 bits per heavy atom. The first-order valence-electron chi connectivity index (χ1n) is 8.40. The molecule has 1 atom stereocenters. The van der Waals surface area contributed by atoms with Gasteiger partial charge in [-0.1, -0.05) is 19.9 Å². The Balaban J connectivity index is 0.00000288. The van der Waals surface area contributed by atoms with Crippen LogP contribution < -0.4 is 14.8 Å². The lowest BCUT2D eigenvalue weighted by Gasteiger charge is -2.43. The standard InChI is InChI=1S/C18H30N2O3.ClH/c1-5-23-16-12-14(6-7-15(16)22-4)17(18(2,3)13-21)20-10-8-19-9-11-20;/h6-7,12,17,19,21H,5,8-11,13H2,1-4H3;1H/t17-;/m1./s1. The van der Waals surface area contributed by atoms with E-state index in [1.807, 2.05) is 13.0 Å². The number of aliphatic hydroxyl groups is 1. The molecule has 0 amide bonds. The molecule has 1 aromatic carbocycles. The summed E-state index contributed by atoms with van der Waals surface area (Å²) in [4.78, 5) is 2.45. The molecule has 1 heterocycles. The van der Waals surface area contributed by atoms with E-state index in [9.17, 15) is 5.11 Å². The number of piperazine rings is 1. The minimum absolute atomic E-state index is 0. The predicted octanol–water partition coefficient (Wildman–Crippen LogP) is 2.48. The molecule has 0 radical (unpaired) electrons. The molecule has 1 aliphatic rings. The molecule has 0 aromatic heterocycles. The van der Waals surface area contributed by atoms with Crippen LogP contribution in [-0.4, -0.2) is 56.5 Å². The van der Waals surface area contributed by atoms with E-state index in [0.717, 1.165) is 43.2 Å². The number of hydrogen-bond acceptors (Lipinski definition) is 5. The van der Waals surface area contributed by atoms with Crippen LogP contribution in [0.2, 0.25) is 0 Å². The van der Waals surface area contributed by atoms with Gasteiger partial charge in [-0.3, -0.25) is 4.90 Å². The van der Waals surface area contributed by atoms with Gasteiger partial charge in [0, 0.05) is 44.2 Å². The van der Waals surface area contributed by atoms with E-state index in [4.69, 9.17) is 9.47 Å². The van der Waals surface area contributed by atoms with Crippen molar-refractivity contribution in [3.05, 3.63) is 23.8 Å². The molecule has 1 fully saturated rings. The second-order valence-corrected chi connectivity index (χ2v) is 6.68. The van der Waals surface area contributed by atoms with Crippen LogP contribution in [0.4, 0.5) is 0 Å². The number of aliphatic hydroxyl groups excluding tert-OH is 1. The molecule has 1 aliphatic heterocycles. The number of rotatable bonds is 7. The van der Waals surface area contributed by atoms with Crippen molar-refractivity contribution in [2.45, 2.75) is 26.8 Å². The van der Waals surface area contributed by atoms with E-state index in [0.29, 0.717) is 6.61 Å². The molecule has 2 rings (SSSR count). The fraction of sp³-hybridized carbons (Fsp3) is 0.667. The summed E-state index contributed by atoms with van der Waals surface area (Å²) in [5, 5.41) is 13.3. The van der Waals surface area contributed by atoms with Crippen molar-refractivity contribution in [2.75, 3.05) is 46.5 Å². The van der Waals surface area contributed by atoms with Gasteiger partial charge in [-0.15, -0.1) is 12.4 Å². The third-order valence-electron chi connectivity index (χ3n) is 4.47. The van der Waals surface area contributed by atoms with Gasteiger partial charge in [0.15, 0.2) is 11.5 Å². The summed E-state index contributed by atoms with van der Waals surface area (Å²) in [5.74, 6) is 1.51. The van der Waals surface area contributed by atoms with E-state index in [-0.39, 0.29) is 30.5 Å². The number of benzene rings is 1. The largest absolute Gasteiger partial charge is 0.493 e. The molecule has 0 saturated carbocycles. The predicted molar refractivity (Wildman–Crippen MR) is 99.5 cm³/mol. The normalized spacial score (nSPS) is 17.0. The molecule has 0 unspecified atom stereocenters. The zero-order chi connectivity index (χ0) is 16.9. The molecule has 0 spiro atoms. The summed E-state index contributed by atoms with van der Waals surface area (Å²) in [5.41, 5.74) is 0.922. The first kappa shape index (κ1) is 21.0.